The van der Waals surface area contributed by atoms with Crippen LogP contribution >= 0.6 is 0 Å². The van der Waals surface area contributed by atoms with E-state index < -0.39 is 15.0 Å². The molecule has 0 aliphatic carbocycles. The molecule has 0 aliphatic heterocycles. The minimum atomic E-state index is -4.42. The number of phenolic OH excluding ortho intramolecular Hbond substituents is 1. The molecule has 0 atom stereocenters. The SMILES string of the molecule is CCCCCCCCCCCc1ccccc1Oc1cc(O)cc(S(=O)(=O)O)c1. The lowest BCUT2D eigenvalue weighted by Gasteiger charge is -2.12. The maximum atomic E-state index is 11.3. The molecule has 0 fully saturated rings. The van der Waals surface area contributed by atoms with Gasteiger partial charge in [-0.15, -0.1) is 0 Å². The highest BCUT2D eigenvalue weighted by Crippen LogP contribution is 2.31. The van der Waals surface area contributed by atoms with E-state index in [1.165, 1.54) is 63.5 Å². The van der Waals surface area contributed by atoms with Crippen LogP contribution in [0.5, 0.6) is 17.2 Å². The number of benzene rings is 2. The Morgan fingerprint density at radius 2 is 1.48 bits per heavy atom. The van der Waals surface area contributed by atoms with Crippen LogP contribution in [0.25, 0.3) is 0 Å². The quantitative estimate of drug-likeness (QED) is 0.285. The number of aryl methyl sites for hydroxylation is 1. The maximum Gasteiger partial charge on any atom is 0.294 e. The molecule has 0 heterocycles. The molecule has 2 rings (SSSR count). The zero-order chi connectivity index (χ0) is 21.1. The van der Waals surface area contributed by atoms with Crippen molar-refractivity contribution in [1.82, 2.24) is 0 Å². The van der Waals surface area contributed by atoms with E-state index in [9.17, 15) is 18.1 Å². The average molecular weight is 421 g/mol. The van der Waals surface area contributed by atoms with E-state index in [4.69, 9.17) is 4.74 Å². The first-order valence-corrected chi connectivity index (χ1v) is 11.9. The van der Waals surface area contributed by atoms with Gasteiger partial charge in [0.25, 0.3) is 10.1 Å². The molecular formula is C23H32O5S. The van der Waals surface area contributed by atoms with Crippen molar-refractivity contribution in [2.45, 2.75) is 76.0 Å². The molecule has 0 aromatic heterocycles. The summed E-state index contributed by atoms with van der Waals surface area (Å²) in [5.74, 6) is 0.502. The monoisotopic (exact) mass is 420 g/mol. The molecule has 0 radical (unpaired) electrons. The Morgan fingerprint density at radius 3 is 2.14 bits per heavy atom. The number of aromatic hydroxyl groups is 1. The predicted molar refractivity (Wildman–Crippen MR) is 115 cm³/mol. The lowest BCUT2D eigenvalue weighted by Crippen LogP contribution is -1.99. The predicted octanol–water partition coefficient (Wildman–Crippen LogP) is 6.50. The number of phenols is 1. The molecule has 0 bridgehead atoms. The summed E-state index contributed by atoms with van der Waals surface area (Å²) in [5.41, 5.74) is 1.03. The Bertz CT molecular complexity index is 861. The van der Waals surface area contributed by atoms with Crippen LogP contribution in [-0.2, 0) is 16.5 Å². The molecule has 0 saturated heterocycles. The zero-order valence-corrected chi connectivity index (χ0v) is 18.0. The molecule has 0 aliphatic rings. The first kappa shape index (κ1) is 23.2. The van der Waals surface area contributed by atoms with Crippen LogP contribution in [-0.4, -0.2) is 18.1 Å². The number of unbranched alkanes of at least 4 members (excludes halogenated alkanes) is 8. The van der Waals surface area contributed by atoms with Gasteiger partial charge in [-0.2, -0.15) is 8.42 Å². The Labute approximate surface area is 174 Å². The summed E-state index contributed by atoms with van der Waals surface area (Å²) in [6.45, 7) is 2.23. The van der Waals surface area contributed by atoms with Gasteiger partial charge < -0.3 is 9.84 Å². The van der Waals surface area contributed by atoms with Crippen molar-refractivity contribution >= 4 is 10.1 Å². The van der Waals surface area contributed by atoms with Gasteiger partial charge >= 0.3 is 0 Å². The summed E-state index contributed by atoms with van der Waals surface area (Å²) in [7, 11) is -4.42. The van der Waals surface area contributed by atoms with Crippen molar-refractivity contribution in [3.05, 3.63) is 48.0 Å². The van der Waals surface area contributed by atoms with Crippen LogP contribution in [0.4, 0.5) is 0 Å². The fourth-order valence-corrected chi connectivity index (χ4v) is 3.86. The first-order chi connectivity index (χ1) is 13.9. The summed E-state index contributed by atoms with van der Waals surface area (Å²) in [6, 6.07) is 11.1. The van der Waals surface area contributed by atoms with Crippen LogP contribution in [0.15, 0.2) is 47.4 Å². The molecule has 5 nitrogen and oxygen atoms in total. The second kappa shape index (κ2) is 11.8. The van der Waals surface area contributed by atoms with E-state index in [2.05, 4.69) is 6.92 Å². The van der Waals surface area contributed by atoms with Gasteiger partial charge in [0.05, 0.1) is 0 Å². The maximum absolute atomic E-state index is 11.3. The Balaban J connectivity index is 1.89. The van der Waals surface area contributed by atoms with Gasteiger partial charge in [0.15, 0.2) is 0 Å². The minimum Gasteiger partial charge on any atom is -0.508 e. The van der Waals surface area contributed by atoms with Gasteiger partial charge in [0.1, 0.15) is 22.1 Å². The Hall–Kier alpha value is -2.05. The molecule has 2 aromatic rings. The summed E-state index contributed by atoms with van der Waals surface area (Å²) in [4.78, 5) is -0.399. The highest BCUT2D eigenvalue weighted by atomic mass is 32.2. The van der Waals surface area contributed by atoms with E-state index in [-0.39, 0.29) is 11.5 Å². The lowest BCUT2D eigenvalue weighted by atomic mass is 10.0. The fourth-order valence-electron chi connectivity index (χ4n) is 3.33. The summed E-state index contributed by atoms with van der Waals surface area (Å²) in [5, 5.41) is 9.74. The fraction of sp³-hybridized carbons (Fsp3) is 0.478. The van der Waals surface area contributed by atoms with Crippen LogP contribution in [0, 0.1) is 0 Å². The zero-order valence-electron chi connectivity index (χ0n) is 17.1. The van der Waals surface area contributed by atoms with Crippen molar-refractivity contribution in [2.24, 2.45) is 0 Å². The van der Waals surface area contributed by atoms with Crippen molar-refractivity contribution in [3.63, 3.8) is 0 Å². The standard InChI is InChI=1S/C23H32O5S/c1-2-3-4-5-6-7-8-9-10-13-19-14-11-12-15-23(19)28-21-16-20(24)17-22(18-21)29(25,26)27/h11-12,14-18,24H,2-10,13H2,1H3,(H,25,26,27). The molecule has 160 valence electrons. The van der Waals surface area contributed by atoms with Crippen LogP contribution in [0.2, 0.25) is 0 Å². The molecule has 0 unspecified atom stereocenters. The smallest absolute Gasteiger partial charge is 0.294 e. The molecule has 0 saturated carbocycles. The molecule has 29 heavy (non-hydrogen) atoms. The Kier molecular flexibility index (Phi) is 9.48. The van der Waals surface area contributed by atoms with E-state index in [0.29, 0.717) is 5.75 Å². The van der Waals surface area contributed by atoms with Gasteiger partial charge in [-0.1, -0.05) is 76.5 Å². The average Bonchev–Trinajstić information content (AvgIpc) is 2.67. The molecular weight excluding hydrogens is 388 g/mol. The Morgan fingerprint density at radius 1 is 0.862 bits per heavy atom. The first-order valence-electron chi connectivity index (χ1n) is 10.5. The van der Waals surface area contributed by atoms with Crippen LogP contribution in [0.1, 0.15) is 70.3 Å². The van der Waals surface area contributed by atoms with Gasteiger partial charge in [-0.25, -0.2) is 0 Å². The van der Waals surface area contributed by atoms with Crippen LogP contribution < -0.4 is 4.74 Å². The molecule has 6 heteroatoms. The topological polar surface area (TPSA) is 83.8 Å². The number of ether oxygens (including phenoxy) is 1. The van der Waals surface area contributed by atoms with Crippen LogP contribution in [0.3, 0.4) is 0 Å². The van der Waals surface area contributed by atoms with Gasteiger partial charge in [-0.3, -0.25) is 4.55 Å². The van der Waals surface area contributed by atoms with Gasteiger partial charge in [0, 0.05) is 18.2 Å². The highest BCUT2D eigenvalue weighted by Gasteiger charge is 2.14. The minimum absolute atomic E-state index is 0.164. The highest BCUT2D eigenvalue weighted by molar-refractivity contribution is 7.85. The molecule has 0 amide bonds. The van der Waals surface area contributed by atoms with Crippen molar-refractivity contribution in [3.8, 4) is 17.2 Å². The third-order valence-electron chi connectivity index (χ3n) is 4.91. The largest absolute Gasteiger partial charge is 0.508 e. The van der Waals surface area contributed by atoms with Crippen molar-refractivity contribution < 1.29 is 22.8 Å². The number of para-hydroxylation sites is 1. The number of hydrogen-bond acceptors (Lipinski definition) is 4. The molecule has 2 aromatic carbocycles. The van der Waals surface area contributed by atoms with E-state index in [1.54, 1.807) is 0 Å². The number of hydrogen-bond donors (Lipinski definition) is 2. The van der Waals surface area contributed by atoms with E-state index in [1.807, 2.05) is 24.3 Å². The van der Waals surface area contributed by atoms with Crippen molar-refractivity contribution in [2.75, 3.05) is 0 Å². The van der Waals surface area contributed by atoms with E-state index in [0.717, 1.165) is 24.5 Å². The second-order valence-corrected chi connectivity index (χ2v) is 8.85. The van der Waals surface area contributed by atoms with Gasteiger partial charge in [-0.05, 0) is 24.5 Å². The van der Waals surface area contributed by atoms with Crippen molar-refractivity contribution in [1.29, 1.82) is 0 Å². The molecule has 0 spiro atoms. The number of rotatable bonds is 13. The molecule has 2 N–H and O–H groups in total. The van der Waals surface area contributed by atoms with E-state index >= 15 is 0 Å². The summed E-state index contributed by atoms with van der Waals surface area (Å²) in [6.07, 6.45) is 12.2. The second-order valence-electron chi connectivity index (χ2n) is 7.43. The summed E-state index contributed by atoms with van der Waals surface area (Å²) < 4.78 is 37.7. The normalized spacial score (nSPS) is 11.5. The summed E-state index contributed by atoms with van der Waals surface area (Å²) >= 11 is 0. The lowest BCUT2D eigenvalue weighted by molar-refractivity contribution is 0.444. The van der Waals surface area contributed by atoms with Gasteiger partial charge in [0.2, 0.25) is 0 Å². The third-order valence-corrected chi connectivity index (χ3v) is 5.74. The third kappa shape index (κ3) is 8.46.